The molecule has 1 heterocycles. The van der Waals surface area contributed by atoms with E-state index in [1.54, 1.807) is 0 Å². The molecule has 3 rings (SSSR count). The van der Waals surface area contributed by atoms with E-state index in [9.17, 15) is 9.90 Å². The maximum Gasteiger partial charge on any atom is 0.240 e. The number of aliphatic hydroxyl groups excluding tert-OH is 1. The van der Waals surface area contributed by atoms with Crippen molar-refractivity contribution < 1.29 is 19.4 Å². The van der Waals surface area contributed by atoms with Crippen LogP contribution in [0.2, 0.25) is 0 Å². The predicted octanol–water partition coefficient (Wildman–Crippen LogP) is 2.75. The van der Waals surface area contributed by atoms with Crippen LogP contribution < -0.4 is 5.32 Å². The van der Waals surface area contributed by atoms with Crippen molar-refractivity contribution in [3.8, 4) is 0 Å². The number of aliphatic hydroxyl groups is 1. The highest BCUT2D eigenvalue weighted by Gasteiger charge is 2.52. The topological polar surface area (TPSA) is 71.0 Å². The average molecular weight is 427 g/mol. The van der Waals surface area contributed by atoms with Crippen molar-refractivity contribution >= 4 is 5.91 Å². The number of nitrogens with one attached hydrogen (secondary N) is 1. The molecule has 2 aromatic carbocycles. The van der Waals surface area contributed by atoms with E-state index in [4.69, 9.17) is 9.47 Å². The van der Waals surface area contributed by atoms with Gasteiger partial charge in [-0.05, 0) is 38.9 Å². The van der Waals surface area contributed by atoms with Crippen molar-refractivity contribution in [1.82, 2.24) is 10.2 Å². The summed E-state index contributed by atoms with van der Waals surface area (Å²) in [5.41, 5.74) is 1.68. The first-order chi connectivity index (χ1) is 14.8. The van der Waals surface area contributed by atoms with Crippen LogP contribution in [-0.2, 0) is 27.5 Å². The van der Waals surface area contributed by atoms with Gasteiger partial charge in [-0.2, -0.15) is 0 Å². The van der Waals surface area contributed by atoms with Crippen LogP contribution in [-0.4, -0.2) is 59.4 Å². The lowest BCUT2D eigenvalue weighted by Gasteiger charge is -2.29. The van der Waals surface area contributed by atoms with Crippen molar-refractivity contribution in [2.75, 3.05) is 13.7 Å². The van der Waals surface area contributed by atoms with E-state index in [0.717, 1.165) is 11.1 Å². The number of likely N-dealkylation sites (tertiary alicyclic amines) is 1. The Balaban J connectivity index is 1.83. The molecule has 1 saturated heterocycles. The first kappa shape index (κ1) is 23.4. The highest BCUT2D eigenvalue weighted by atomic mass is 16.5. The van der Waals surface area contributed by atoms with Crippen LogP contribution in [0.25, 0.3) is 0 Å². The molecule has 0 bridgehead atoms. The highest BCUT2D eigenvalue weighted by molar-refractivity contribution is 5.83. The normalized spacial score (nSPS) is 24.3. The number of likely N-dealkylation sites (N-methyl/N-ethyl adjacent to an activating group) is 1. The molecule has 2 N–H and O–H groups in total. The number of hydrogen-bond donors (Lipinski definition) is 2. The Morgan fingerprint density at radius 3 is 1.87 bits per heavy atom. The highest BCUT2D eigenvalue weighted by Crippen LogP contribution is 2.30. The minimum absolute atomic E-state index is 0.125. The van der Waals surface area contributed by atoms with Gasteiger partial charge in [0.1, 0.15) is 18.2 Å². The van der Waals surface area contributed by atoms with E-state index in [0.29, 0.717) is 13.2 Å². The molecule has 4 atom stereocenters. The molecule has 0 unspecified atom stereocenters. The van der Waals surface area contributed by atoms with Gasteiger partial charge in [0, 0.05) is 5.54 Å². The molecule has 6 heteroatoms. The third-order valence-electron chi connectivity index (χ3n) is 5.50. The van der Waals surface area contributed by atoms with Crippen LogP contribution in [0.5, 0.6) is 0 Å². The Hall–Kier alpha value is -2.25. The van der Waals surface area contributed by atoms with Gasteiger partial charge < -0.3 is 19.9 Å². The van der Waals surface area contributed by atoms with Gasteiger partial charge in [-0.25, -0.2) is 0 Å². The molecule has 0 spiro atoms. The molecule has 2 aromatic rings. The summed E-state index contributed by atoms with van der Waals surface area (Å²) < 4.78 is 12.6. The lowest BCUT2D eigenvalue weighted by atomic mass is 10.0. The fourth-order valence-electron chi connectivity index (χ4n) is 4.00. The molecule has 0 aliphatic carbocycles. The number of rotatable bonds is 8. The van der Waals surface area contributed by atoms with E-state index in [1.807, 2.05) is 93.4 Å². The maximum absolute atomic E-state index is 13.2. The lowest BCUT2D eigenvalue weighted by molar-refractivity contribution is -0.133. The van der Waals surface area contributed by atoms with Gasteiger partial charge in [-0.15, -0.1) is 0 Å². The summed E-state index contributed by atoms with van der Waals surface area (Å²) in [6.07, 6.45) is -0.969. The van der Waals surface area contributed by atoms with Crippen molar-refractivity contribution in [2.24, 2.45) is 0 Å². The Bertz CT molecular complexity index is 822. The minimum Gasteiger partial charge on any atom is -0.395 e. The van der Waals surface area contributed by atoms with E-state index in [1.165, 1.54) is 0 Å². The molecule has 1 fully saturated rings. The van der Waals surface area contributed by atoms with E-state index >= 15 is 0 Å². The molecule has 1 amide bonds. The second-order valence-corrected chi connectivity index (χ2v) is 9.12. The van der Waals surface area contributed by atoms with Gasteiger partial charge in [-0.1, -0.05) is 60.7 Å². The molecule has 168 valence electrons. The number of carbonyl (C=O) groups excluding carboxylic acids is 1. The number of carbonyl (C=O) groups is 1. The van der Waals surface area contributed by atoms with Crippen molar-refractivity contribution in [3.05, 3.63) is 71.8 Å². The van der Waals surface area contributed by atoms with E-state index in [2.05, 4.69) is 5.32 Å². The van der Waals surface area contributed by atoms with Gasteiger partial charge in [-0.3, -0.25) is 9.69 Å². The SMILES string of the molecule is CN1[C@H](C(=O)NC(C)(C)C)[C@@H](OCc2ccccc2)[C@H](OCc2ccccc2)[C@@H]1CO. The van der Waals surface area contributed by atoms with Gasteiger partial charge in [0.15, 0.2) is 0 Å². The van der Waals surface area contributed by atoms with Crippen LogP contribution in [0.1, 0.15) is 31.9 Å². The summed E-state index contributed by atoms with van der Waals surface area (Å²) in [7, 11) is 1.85. The molecule has 1 aliphatic heterocycles. The Morgan fingerprint density at radius 1 is 0.935 bits per heavy atom. The van der Waals surface area contributed by atoms with Crippen molar-refractivity contribution in [2.45, 2.75) is 63.8 Å². The second kappa shape index (κ2) is 10.4. The van der Waals surface area contributed by atoms with Crippen LogP contribution in [0.4, 0.5) is 0 Å². The van der Waals surface area contributed by atoms with Crippen LogP contribution in [0.15, 0.2) is 60.7 Å². The first-order valence-electron chi connectivity index (χ1n) is 10.8. The number of amides is 1. The van der Waals surface area contributed by atoms with Crippen LogP contribution in [0.3, 0.4) is 0 Å². The zero-order valence-electron chi connectivity index (χ0n) is 18.8. The van der Waals surface area contributed by atoms with Crippen LogP contribution >= 0.6 is 0 Å². The molecule has 0 saturated carbocycles. The van der Waals surface area contributed by atoms with Gasteiger partial charge in [0.2, 0.25) is 5.91 Å². The van der Waals surface area contributed by atoms with Crippen LogP contribution in [0, 0.1) is 0 Å². The molecule has 0 aromatic heterocycles. The Labute approximate surface area is 185 Å². The first-order valence-corrected chi connectivity index (χ1v) is 10.8. The van der Waals surface area contributed by atoms with E-state index in [-0.39, 0.29) is 24.1 Å². The number of ether oxygens (including phenoxy) is 2. The minimum atomic E-state index is -0.569. The predicted molar refractivity (Wildman–Crippen MR) is 120 cm³/mol. The largest absolute Gasteiger partial charge is 0.395 e. The fourth-order valence-corrected chi connectivity index (χ4v) is 4.00. The monoisotopic (exact) mass is 426 g/mol. The summed E-state index contributed by atoms with van der Waals surface area (Å²) in [4.78, 5) is 15.1. The maximum atomic E-state index is 13.2. The Morgan fingerprint density at radius 2 is 1.42 bits per heavy atom. The zero-order valence-corrected chi connectivity index (χ0v) is 18.8. The van der Waals surface area contributed by atoms with Crippen molar-refractivity contribution in [1.29, 1.82) is 0 Å². The number of benzene rings is 2. The summed E-state index contributed by atoms with van der Waals surface area (Å²) in [6, 6.07) is 18.8. The molecule has 0 radical (unpaired) electrons. The fraction of sp³-hybridized carbons (Fsp3) is 0.480. The lowest BCUT2D eigenvalue weighted by Crippen LogP contribution is -2.54. The molecule has 1 aliphatic rings. The number of nitrogens with zero attached hydrogens (tertiary/aromatic N) is 1. The smallest absolute Gasteiger partial charge is 0.240 e. The standard InChI is InChI=1S/C25H34N2O4/c1-25(2,3)26-24(29)21-23(31-17-19-13-9-6-10-14-19)22(20(15-28)27(21)4)30-16-18-11-7-5-8-12-18/h5-14,20-23,28H,15-17H2,1-4H3,(H,26,29)/t20-,21-,22+,23+/m0/s1. The summed E-state index contributed by atoms with van der Waals surface area (Å²) in [6.45, 7) is 6.48. The number of hydrogen-bond acceptors (Lipinski definition) is 5. The van der Waals surface area contributed by atoms with Gasteiger partial charge in [0.05, 0.1) is 25.9 Å². The zero-order chi connectivity index (χ0) is 22.4. The average Bonchev–Trinajstić information content (AvgIpc) is 3.01. The van der Waals surface area contributed by atoms with E-state index < -0.39 is 18.2 Å². The molecule has 31 heavy (non-hydrogen) atoms. The third kappa shape index (κ3) is 6.14. The summed E-state index contributed by atoms with van der Waals surface area (Å²) >= 11 is 0. The second-order valence-electron chi connectivity index (χ2n) is 9.12. The quantitative estimate of drug-likeness (QED) is 0.679. The summed E-state index contributed by atoms with van der Waals surface area (Å²) in [5.74, 6) is -0.127. The van der Waals surface area contributed by atoms with Gasteiger partial charge in [0.25, 0.3) is 0 Å². The Kier molecular flexibility index (Phi) is 7.84. The molecular weight excluding hydrogens is 392 g/mol. The van der Waals surface area contributed by atoms with Crippen molar-refractivity contribution in [3.63, 3.8) is 0 Å². The molecule has 6 nitrogen and oxygen atoms in total. The summed E-state index contributed by atoms with van der Waals surface area (Å²) in [5, 5.41) is 13.2. The molecular formula is C25H34N2O4. The third-order valence-corrected chi connectivity index (χ3v) is 5.50. The van der Waals surface area contributed by atoms with Gasteiger partial charge >= 0.3 is 0 Å².